The molecule has 1 aromatic carbocycles. The summed E-state index contributed by atoms with van der Waals surface area (Å²) in [7, 11) is 0. The number of hydrazine groups is 1. The van der Waals surface area contributed by atoms with E-state index < -0.39 is 0 Å². The molecule has 0 saturated heterocycles. The molecule has 17 heavy (non-hydrogen) atoms. The molecule has 1 unspecified atom stereocenters. The highest BCUT2D eigenvalue weighted by atomic mass is 32.1. The number of halogens is 1. The highest BCUT2D eigenvalue weighted by Gasteiger charge is 2.14. The van der Waals surface area contributed by atoms with Crippen molar-refractivity contribution in [2.24, 2.45) is 5.84 Å². The summed E-state index contributed by atoms with van der Waals surface area (Å²) in [4.78, 5) is 2.41. The normalized spacial score (nSPS) is 12.6. The van der Waals surface area contributed by atoms with Gasteiger partial charge in [-0.3, -0.25) is 5.84 Å². The Morgan fingerprint density at radius 3 is 2.76 bits per heavy atom. The maximum atomic E-state index is 13.2. The van der Waals surface area contributed by atoms with Crippen molar-refractivity contribution in [3.8, 4) is 0 Å². The van der Waals surface area contributed by atoms with Crippen LogP contribution >= 0.6 is 11.3 Å². The first-order valence-corrected chi connectivity index (χ1v) is 6.36. The maximum absolute atomic E-state index is 13.2. The molecule has 90 valence electrons. The fraction of sp³-hybridized carbons (Fsp3) is 0.231. The molecule has 3 N–H and O–H groups in total. The largest absolute Gasteiger partial charge is 0.271 e. The van der Waals surface area contributed by atoms with Crippen molar-refractivity contribution in [2.75, 3.05) is 0 Å². The molecule has 0 aliphatic heterocycles. The van der Waals surface area contributed by atoms with Crippen molar-refractivity contribution < 1.29 is 4.39 Å². The molecule has 1 aromatic heterocycles. The summed E-state index contributed by atoms with van der Waals surface area (Å²) in [6.07, 6.45) is 1.01. The predicted molar refractivity (Wildman–Crippen MR) is 69.3 cm³/mol. The Morgan fingerprint density at radius 2 is 2.18 bits per heavy atom. The lowest BCUT2D eigenvalue weighted by molar-refractivity contribution is 0.609. The Morgan fingerprint density at radius 1 is 1.35 bits per heavy atom. The van der Waals surface area contributed by atoms with E-state index in [1.807, 2.05) is 12.1 Å². The summed E-state index contributed by atoms with van der Waals surface area (Å²) in [6, 6.07) is 10.5. The van der Waals surface area contributed by atoms with Gasteiger partial charge in [0.15, 0.2) is 0 Å². The second kappa shape index (κ2) is 5.40. The summed E-state index contributed by atoms with van der Waals surface area (Å²) in [5.74, 6) is 5.33. The van der Waals surface area contributed by atoms with Gasteiger partial charge in [-0.15, -0.1) is 11.3 Å². The molecule has 2 rings (SSSR count). The number of hydrogen-bond donors (Lipinski definition) is 2. The molecular formula is C13H15FN2S. The number of aryl methyl sites for hydroxylation is 1. The zero-order chi connectivity index (χ0) is 12.3. The van der Waals surface area contributed by atoms with Gasteiger partial charge in [-0.05, 0) is 36.2 Å². The number of nitrogens with two attached hydrogens (primary N) is 1. The van der Waals surface area contributed by atoms with E-state index in [9.17, 15) is 4.39 Å². The van der Waals surface area contributed by atoms with Gasteiger partial charge in [-0.1, -0.05) is 19.1 Å². The number of nitrogens with one attached hydrogen (secondary N) is 1. The first-order valence-electron chi connectivity index (χ1n) is 5.54. The summed E-state index contributed by atoms with van der Waals surface area (Å²) < 4.78 is 13.2. The van der Waals surface area contributed by atoms with Crippen LogP contribution < -0.4 is 11.3 Å². The summed E-state index contributed by atoms with van der Waals surface area (Å²) in [6.45, 7) is 2.11. The summed E-state index contributed by atoms with van der Waals surface area (Å²) >= 11 is 1.70. The van der Waals surface area contributed by atoms with Crippen LogP contribution in [0.2, 0.25) is 0 Å². The van der Waals surface area contributed by atoms with Crippen LogP contribution in [0.3, 0.4) is 0 Å². The van der Waals surface area contributed by atoms with Gasteiger partial charge in [0.25, 0.3) is 0 Å². The molecule has 1 heterocycles. The van der Waals surface area contributed by atoms with E-state index >= 15 is 0 Å². The second-order valence-electron chi connectivity index (χ2n) is 3.81. The topological polar surface area (TPSA) is 38.0 Å². The van der Waals surface area contributed by atoms with Crippen LogP contribution in [0.4, 0.5) is 4.39 Å². The van der Waals surface area contributed by atoms with Gasteiger partial charge in [-0.2, -0.15) is 0 Å². The Labute approximate surface area is 104 Å². The second-order valence-corrected chi connectivity index (χ2v) is 5.01. The average molecular weight is 250 g/mol. The lowest BCUT2D eigenvalue weighted by Gasteiger charge is -2.14. The van der Waals surface area contributed by atoms with Gasteiger partial charge in [0.05, 0.1) is 6.04 Å². The van der Waals surface area contributed by atoms with Crippen molar-refractivity contribution in [1.29, 1.82) is 0 Å². The number of hydrogen-bond acceptors (Lipinski definition) is 3. The molecular weight excluding hydrogens is 235 g/mol. The van der Waals surface area contributed by atoms with E-state index in [4.69, 9.17) is 5.84 Å². The Kier molecular flexibility index (Phi) is 3.89. The van der Waals surface area contributed by atoms with Gasteiger partial charge in [0.1, 0.15) is 5.82 Å². The van der Waals surface area contributed by atoms with Crippen LogP contribution in [-0.4, -0.2) is 0 Å². The van der Waals surface area contributed by atoms with E-state index in [0.717, 1.165) is 16.9 Å². The molecule has 1 atom stereocenters. The monoisotopic (exact) mass is 250 g/mol. The molecule has 0 aliphatic rings. The molecule has 0 saturated carbocycles. The van der Waals surface area contributed by atoms with Crippen molar-refractivity contribution in [3.05, 3.63) is 57.5 Å². The fourth-order valence-corrected chi connectivity index (χ4v) is 2.81. The molecule has 0 aliphatic carbocycles. The van der Waals surface area contributed by atoms with Crippen LogP contribution in [0.25, 0.3) is 0 Å². The lowest BCUT2D eigenvalue weighted by atomic mass is 10.1. The first-order chi connectivity index (χ1) is 8.24. The van der Waals surface area contributed by atoms with Gasteiger partial charge in [0, 0.05) is 9.75 Å². The van der Waals surface area contributed by atoms with Crippen LogP contribution in [0, 0.1) is 5.82 Å². The van der Waals surface area contributed by atoms with Crippen molar-refractivity contribution >= 4 is 11.3 Å². The minimum Gasteiger partial charge on any atom is -0.271 e. The SMILES string of the molecule is CCc1ccc(C(NN)c2cccc(F)c2)s1. The Balaban J connectivity index is 2.33. The predicted octanol–water partition coefficient (Wildman–Crippen LogP) is 3.00. The molecule has 2 aromatic rings. The molecule has 0 spiro atoms. The summed E-state index contributed by atoms with van der Waals surface area (Å²) in [5.41, 5.74) is 3.59. The van der Waals surface area contributed by atoms with E-state index in [0.29, 0.717) is 0 Å². The first kappa shape index (κ1) is 12.2. The lowest BCUT2D eigenvalue weighted by Crippen LogP contribution is -2.28. The van der Waals surface area contributed by atoms with Gasteiger partial charge >= 0.3 is 0 Å². The standard InChI is InChI=1S/C13H15FN2S/c1-2-11-6-7-12(17-11)13(16-15)9-4-3-5-10(14)8-9/h3-8,13,16H,2,15H2,1H3. The maximum Gasteiger partial charge on any atom is 0.123 e. The number of rotatable bonds is 4. The van der Waals surface area contributed by atoms with Crippen LogP contribution in [-0.2, 0) is 6.42 Å². The molecule has 0 bridgehead atoms. The van der Waals surface area contributed by atoms with Gasteiger partial charge < -0.3 is 0 Å². The molecule has 0 amide bonds. The zero-order valence-electron chi connectivity index (χ0n) is 9.61. The van der Waals surface area contributed by atoms with Crippen LogP contribution in [0.15, 0.2) is 36.4 Å². The average Bonchev–Trinajstić information content (AvgIpc) is 2.79. The van der Waals surface area contributed by atoms with Crippen molar-refractivity contribution in [2.45, 2.75) is 19.4 Å². The minimum absolute atomic E-state index is 0.143. The zero-order valence-corrected chi connectivity index (χ0v) is 10.4. The third-order valence-electron chi connectivity index (χ3n) is 2.66. The van der Waals surface area contributed by atoms with Crippen LogP contribution in [0.1, 0.15) is 28.3 Å². The van der Waals surface area contributed by atoms with Crippen molar-refractivity contribution in [1.82, 2.24) is 5.43 Å². The van der Waals surface area contributed by atoms with Crippen molar-refractivity contribution in [3.63, 3.8) is 0 Å². The quantitative estimate of drug-likeness (QED) is 0.646. The minimum atomic E-state index is -0.241. The molecule has 0 radical (unpaired) electrons. The van der Waals surface area contributed by atoms with E-state index in [1.54, 1.807) is 17.4 Å². The van der Waals surface area contributed by atoms with E-state index in [1.165, 1.54) is 17.0 Å². The van der Waals surface area contributed by atoms with Gasteiger partial charge in [0.2, 0.25) is 0 Å². The third kappa shape index (κ3) is 2.72. The van der Waals surface area contributed by atoms with E-state index in [-0.39, 0.29) is 11.9 Å². The smallest absolute Gasteiger partial charge is 0.123 e. The third-order valence-corrected chi connectivity index (χ3v) is 3.96. The van der Waals surface area contributed by atoms with E-state index in [2.05, 4.69) is 18.4 Å². The molecule has 2 nitrogen and oxygen atoms in total. The van der Waals surface area contributed by atoms with Crippen LogP contribution in [0.5, 0.6) is 0 Å². The molecule has 4 heteroatoms. The number of thiophene rings is 1. The highest BCUT2D eigenvalue weighted by molar-refractivity contribution is 7.12. The highest BCUT2D eigenvalue weighted by Crippen LogP contribution is 2.28. The Bertz CT molecular complexity index is 496. The van der Waals surface area contributed by atoms with Gasteiger partial charge in [-0.25, -0.2) is 9.82 Å². The fourth-order valence-electron chi connectivity index (χ4n) is 1.77. The molecule has 0 fully saturated rings. The summed E-state index contributed by atoms with van der Waals surface area (Å²) in [5, 5.41) is 0. The Hall–Kier alpha value is -1.23. The number of benzene rings is 1.